The zero-order chi connectivity index (χ0) is 16.9. The fourth-order valence-electron chi connectivity index (χ4n) is 2.66. The number of hydrogen-bond acceptors (Lipinski definition) is 4. The van der Waals surface area contributed by atoms with Crippen molar-refractivity contribution in [2.24, 2.45) is 0 Å². The topological polar surface area (TPSA) is 75.7 Å². The lowest BCUT2D eigenvalue weighted by atomic mass is 10.1. The van der Waals surface area contributed by atoms with Gasteiger partial charge in [-0.2, -0.15) is 0 Å². The number of hydrogen-bond donors (Lipinski definition) is 1. The summed E-state index contributed by atoms with van der Waals surface area (Å²) >= 11 is 0. The van der Waals surface area contributed by atoms with Crippen molar-refractivity contribution in [3.8, 4) is 5.75 Å². The zero-order valence-electron chi connectivity index (χ0n) is 13.6. The second kappa shape index (κ2) is 7.79. The Morgan fingerprint density at radius 3 is 2.65 bits per heavy atom. The third-order valence-corrected chi connectivity index (χ3v) is 4.61. The highest BCUT2D eigenvalue weighted by atomic mass is 32.2. The molecule has 128 valence electrons. The van der Waals surface area contributed by atoms with E-state index in [1.807, 2.05) is 24.3 Å². The maximum atomic E-state index is 12.2. The van der Waals surface area contributed by atoms with Crippen LogP contribution in [0.25, 0.3) is 0 Å². The molecular weight excluding hydrogens is 316 g/mol. The number of benzene rings is 1. The number of ether oxygens (including phenoxy) is 1. The molecule has 1 aliphatic heterocycles. The highest BCUT2D eigenvalue weighted by molar-refractivity contribution is 7.88. The summed E-state index contributed by atoms with van der Waals surface area (Å²) in [6, 6.07) is 7.46. The Bertz CT molecular complexity index is 628. The summed E-state index contributed by atoms with van der Waals surface area (Å²) in [6.07, 6.45) is 3.62. The van der Waals surface area contributed by atoms with Gasteiger partial charge in [0.25, 0.3) is 5.91 Å². The van der Waals surface area contributed by atoms with Crippen LogP contribution in [0.2, 0.25) is 0 Å². The fraction of sp³-hybridized carbons (Fsp3) is 0.562. The van der Waals surface area contributed by atoms with E-state index in [1.54, 1.807) is 4.90 Å². The Kier molecular flexibility index (Phi) is 6.01. The number of carbonyl (C=O) groups excluding carboxylic acids is 1. The molecule has 0 bridgehead atoms. The highest BCUT2D eigenvalue weighted by Crippen LogP contribution is 2.14. The van der Waals surface area contributed by atoms with Crippen molar-refractivity contribution >= 4 is 15.9 Å². The number of nitrogens with zero attached hydrogens (tertiary/aromatic N) is 1. The third kappa shape index (κ3) is 5.84. The van der Waals surface area contributed by atoms with Gasteiger partial charge >= 0.3 is 0 Å². The maximum Gasteiger partial charge on any atom is 0.260 e. The Hall–Kier alpha value is -1.60. The van der Waals surface area contributed by atoms with E-state index in [9.17, 15) is 13.2 Å². The van der Waals surface area contributed by atoms with Crippen molar-refractivity contribution in [1.29, 1.82) is 0 Å². The Balaban J connectivity index is 1.84. The monoisotopic (exact) mass is 340 g/mol. The number of sulfonamides is 1. The van der Waals surface area contributed by atoms with Crippen molar-refractivity contribution < 1.29 is 17.9 Å². The molecule has 0 saturated carbocycles. The van der Waals surface area contributed by atoms with Gasteiger partial charge in [-0.1, -0.05) is 19.1 Å². The van der Waals surface area contributed by atoms with Gasteiger partial charge in [0.1, 0.15) is 5.75 Å². The summed E-state index contributed by atoms with van der Waals surface area (Å²) in [4.78, 5) is 13.9. The van der Waals surface area contributed by atoms with Crippen LogP contribution in [0.15, 0.2) is 24.3 Å². The minimum absolute atomic E-state index is 0.0307. The molecule has 1 amide bonds. The van der Waals surface area contributed by atoms with Gasteiger partial charge in [-0.05, 0) is 37.0 Å². The van der Waals surface area contributed by atoms with E-state index in [1.165, 1.54) is 5.56 Å². The van der Waals surface area contributed by atoms with E-state index in [0.29, 0.717) is 18.8 Å². The van der Waals surface area contributed by atoms with Crippen LogP contribution in [-0.4, -0.2) is 51.2 Å². The van der Waals surface area contributed by atoms with Crippen LogP contribution in [0.3, 0.4) is 0 Å². The summed E-state index contributed by atoms with van der Waals surface area (Å²) in [5, 5.41) is 0. The number of nitrogens with one attached hydrogen (secondary N) is 1. The quantitative estimate of drug-likeness (QED) is 0.843. The molecule has 2 rings (SSSR count). The lowest BCUT2D eigenvalue weighted by Gasteiger charge is -2.32. The smallest absolute Gasteiger partial charge is 0.260 e. The number of carbonyl (C=O) groups is 1. The van der Waals surface area contributed by atoms with Crippen LogP contribution < -0.4 is 9.46 Å². The molecule has 1 N–H and O–H groups in total. The van der Waals surface area contributed by atoms with Gasteiger partial charge in [-0.25, -0.2) is 13.1 Å². The van der Waals surface area contributed by atoms with Crippen LogP contribution in [-0.2, 0) is 21.2 Å². The van der Waals surface area contributed by atoms with Crippen LogP contribution in [0.4, 0.5) is 0 Å². The largest absolute Gasteiger partial charge is 0.484 e. The lowest BCUT2D eigenvalue weighted by molar-refractivity contribution is -0.134. The van der Waals surface area contributed by atoms with E-state index in [0.717, 1.165) is 25.5 Å². The average Bonchev–Trinajstić information content (AvgIpc) is 2.51. The molecule has 1 atom stereocenters. The van der Waals surface area contributed by atoms with Crippen LogP contribution >= 0.6 is 0 Å². The maximum absolute atomic E-state index is 12.2. The van der Waals surface area contributed by atoms with Crippen molar-refractivity contribution in [2.45, 2.75) is 32.2 Å². The van der Waals surface area contributed by atoms with Gasteiger partial charge in [0.15, 0.2) is 6.61 Å². The lowest BCUT2D eigenvalue weighted by Crippen LogP contribution is -2.50. The molecule has 0 aliphatic carbocycles. The standard InChI is InChI=1S/C16H24N2O4S/c1-3-13-6-8-15(9-7-13)22-12-16(19)18-10-4-5-14(11-18)17-23(2,20)21/h6-9,14,17H,3-5,10-12H2,1-2H3/t14-/m0/s1. The van der Waals surface area contributed by atoms with Gasteiger partial charge in [0, 0.05) is 19.1 Å². The molecule has 1 aliphatic rings. The molecular formula is C16H24N2O4S. The molecule has 6 nitrogen and oxygen atoms in total. The Morgan fingerprint density at radius 1 is 1.35 bits per heavy atom. The van der Waals surface area contributed by atoms with E-state index in [4.69, 9.17) is 4.74 Å². The van der Waals surface area contributed by atoms with Gasteiger partial charge in [0.2, 0.25) is 10.0 Å². The fourth-order valence-corrected chi connectivity index (χ4v) is 3.46. The van der Waals surface area contributed by atoms with Gasteiger partial charge < -0.3 is 9.64 Å². The van der Waals surface area contributed by atoms with E-state index < -0.39 is 10.0 Å². The molecule has 1 aromatic carbocycles. The van der Waals surface area contributed by atoms with Gasteiger partial charge in [0.05, 0.1) is 6.26 Å². The molecule has 0 spiro atoms. The highest BCUT2D eigenvalue weighted by Gasteiger charge is 2.25. The van der Waals surface area contributed by atoms with E-state index >= 15 is 0 Å². The van der Waals surface area contributed by atoms with E-state index in [2.05, 4.69) is 11.6 Å². The summed E-state index contributed by atoms with van der Waals surface area (Å²) < 4.78 is 30.7. The number of likely N-dealkylation sites (tertiary alicyclic amines) is 1. The summed E-state index contributed by atoms with van der Waals surface area (Å²) in [7, 11) is -3.25. The number of piperidine rings is 1. The first-order chi connectivity index (χ1) is 10.9. The Morgan fingerprint density at radius 2 is 2.04 bits per heavy atom. The SMILES string of the molecule is CCc1ccc(OCC(=O)N2CCC[C@H](NS(C)(=O)=O)C2)cc1. The molecule has 0 aromatic heterocycles. The predicted octanol–water partition coefficient (Wildman–Crippen LogP) is 1.17. The second-order valence-electron chi connectivity index (χ2n) is 5.86. The minimum atomic E-state index is -3.25. The normalized spacial score (nSPS) is 18.7. The van der Waals surface area contributed by atoms with Crippen LogP contribution in [0.5, 0.6) is 5.75 Å². The predicted molar refractivity (Wildman–Crippen MR) is 88.9 cm³/mol. The molecule has 1 heterocycles. The number of aryl methyl sites for hydroxylation is 1. The number of amides is 1. The molecule has 1 aromatic rings. The molecule has 23 heavy (non-hydrogen) atoms. The van der Waals surface area contributed by atoms with Crippen molar-refractivity contribution in [3.63, 3.8) is 0 Å². The van der Waals surface area contributed by atoms with Gasteiger partial charge in [-0.3, -0.25) is 4.79 Å². The summed E-state index contributed by atoms with van der Waals surface area (Å²) in [6.45, 7) is 3.08. The molecule has 1 saturated heterocycles. The first-order valence-corrected chi connectivity index (χ1v) is 9.73. The second-order valence-corrected chi connectivity index (χ2v) is 7.64. The van der Waals surface area contributed by atoms with Gasteiger partial charge in [-0.15, -0.1) is 0 Å². The van der Waals surface area contributed by atoms with Crippen molar-refractivity contribution in [1.82, 2.24) is 9.62 Å². The molecule has 7 heteroatoms. The first kappa shape index (κ1) is 17.7. The van der Waals surface area contributed by atoms with Crippen molar-refractivity contribution in [3.05, 3.63) is 29.8 Å². The Labute approximate surface area is 137 Å². The minimum Gasteiger partial charge on any atom is -0.484 e. The number of rotatable bonds is 6. The molecule has 1 fully saturated rings. The zero-order valence-corrected chi connectivity index (χ0v) is 14.4. The molecule has 0 unspecified atom stereocenters. The summed E-state index contributed by atoms with van der Waals surface area (Å²) in [5.41, 5.74) is 1.22. The summed E-state index contributed by atoms with van der Waals surface area (Å²) in [5.74, 6) is 0.544. The average molecular weight is 340 g/mol. The molecule has 0 radical (unpaired) electrons. The first-order valence-electron chi connectivity index (χ1n) is 7.84. The van der Waals surface area contributed by atoms with Crippen LogP contribution in [0, 0.1) is 0 Å². The van der Waals surface area contributed by atoms with Crippen LogP contribution in [0.1, 0.15) is 25.3 Å². The third-order valence-electron chi connectivity index (χ3n) is 3.85. The van der Waals surface area contributed by atoms with Crippen molar-refractivity contribution in [2.75, 3.05) is 26.0 Å². The van der Waals surface area contributed by atoms with E-state index in [-0.39, 0.29) is 18.6 Å².